The van der Waals surface area contributed by atoms with Crippen molar-refractivity contribution < 1.29 is 37.5 Å². The highest BCUT2D eigenvalue weighted by atomic mass is 79.9. The Morgan fingerprint density at radius 2 is 1.73 bits per heavy atom. The zero-order valence-electron chi connectivity index (χ0n) is 23.5. The fraction of sp³-hybridized carbons (Fsp3) is 0.323. The molecule has 4 atom stereocenters. The van der Waals surface area contributed by atoms with Gasteiger partial charge in [-0.1, -0.05) is 35.4 Å². The van der Waals surface area contributed by atoms with Crippen LogP contribution in [0.25, 0.3) is 0 Å². The summed E-state index contributed by atoms with van der Waals surface area (Å²) in [5.74, 6) is -5.58. The topological polar surface area (TPSA) is 108 Å². The van der Waals surface area contributed by atoms with E-state index >= 15 is 0 Å². The smallest absolute Gasteiger partial charge is 0.433 e. The lowest BCUT2D eigenvalue weighted by Gasteiger charge is -2.42. The minimum atomic E-state index is -4.79. The van der Waals surface area contributed by atoms with Crippen molar-refractivity contribution in [3.8, 4) is 5.75 Å². The second-order valence-corrected chi connectivity index (χ2v) is 12.7. The number of hydrazine groups is 1. The predicted octanol–water partition coefficient (Wildman–Crippen LogP) is 5.89. The third-order valence-electron chi connectivity index (χ3n) is 8.88. The number of imide groups is 1. The molecule has 4 aliphatic rings. The molecular formula is C31H24BrClF3N3O5. The van der Waals surface area contributed by atoms with Gasteiger partial charge in [0.1, 0.15) is 11.4 Å². The Kier molecular flexibility index (Phi) is 7.16. The van der Waals surface area contributed by atoms with Gasteiger partial charge in [-0.25, -0.2) is 4.98 Å². The monoisotopic (exact) mass is 689 g/mol. The maximum Gasteiger partial charge on any atom is 0.433 e. The number of hydrogen-bond acceptors (Lipinski definition) is 7. The van der Waals surface area contributed by atoms with Crippen LogP contribution in [0.15, 0.2) is 57.6 Å². The van der Waals surface area contributed by atoms with Crippen LogP contribution >= 0.6 is 27.5 Å². The molecular weight excluding hydrogens is 667 g/mol. The number of halogens is 5. The Bertz CT molecular complexity index is 1780. The number of aromatic hydroxyl groups is 1. The normalized spacial score (nSPS) is 25.0. The summed E-state index contributed by atoms with van der Waals surface area (Å²) in [5.41, 5.74) is 1.76. The van der Waals surface area contributed by atoms with Crippen LogP contribution in [0.2, 0.25) is 5.02 Å². The van der Waals surface area contributed by atoms with Crippen LogP contribution in [0.1, 0.15) is 41.1 Å². The zero-order valence-corrected chi connectivity index (χ0v) is 25.8. The van der Waals surface area contributed by atoms with Gasteiger partial charge in [0.15, 0.2) is 17.4 Å². The van der Waals surface area contributed by atoms with E-state index in [-0.39, 0.29) is 45.0 Å². The number of allylic oxidation sites excluding steroid dienone is 6. The lowest BCUT2D eigenvalue weighted by atomic mass is 9.59. The number of alkyl halides is 3. The number of phenolic OH excluding ortho intramolecular Hbond substituents is 1. The van der Waals surface area contributed by atoms with Gasteiger partial charge in [-0.2, -0.15) is 18.2 Å². The number of hydrogen-bond donors (Lipinski definition) is 1. The number of pyridine rings is 1. The van der Waals surface area contributed by atoms with Crippen molar-refractivity contribution in [1.29, 1.82) is 0 Å². The molecule has 0 spiro atoms. The second kappa shape index (κ2) is 10.4. The van der Waals surface area contributed by atoms with Crippen molar-refractivity contribution in [2.75, 3.05) is 12.1 Å². The van der Waals surface area contributed by atoms with Crippen molar-refractivity contribution in [3.05, 3.63) is 85.0 Å². The molecule has 0 unspecified atom stereocenters. The van der Waals surface area contributed by atoms with Crippen LogP contribution in [0, 0.1) is 31.6 Å². The standard InChI is InChI=1S/C31H24BrClF3N3O5/c1-12-8-14(9-13(2)26(12)41)23-15-4-5-16-24(17(15)10-18-25(23)21(40)11-19(32)27(18)42)30(44)39(29(16)43)38(3)28-20(33)6-7-22(37-28)31(34,35)36/h4,6-9,11,16-17,23-24,41H,5,10H2,1-3H3/t16-,17+,23-,24-/m0/s1. The molecule has 3 aliphatic carbocycles. The van der Waals surface area contributed by atoms with Gasteiger partial charge in [-0.05, 0) is 77.4 Å². The fourth-order valence-corrected chi connectivity index (χ4v) is 7.61. The van der Waals surface area contributed by atoms with E-state index in [0.717, 1.165) is 16.1 Å². The molecule has 2 heterocycles. The Morgan fingerprint density at radius 1 is 1.07 bits per heavy atom. The van der Waals surface area contributed by atoms with E-state index in [9.17, 15) is 37.5 Å². The number of ketones is 2. The number of carbonyl (C=O) groups excluding carboxylic acids is 4. The molecule has 1 aromatic heterocycles. The second-order valence-electron chi connectivity index (χ2n) is 11.4. The van der Waals surface area contributed by atoms with Crippen molar-refractivity contribution in [2.45, 2.75) is 38.8 Å². The largest absolute Gasteiger partial charge is 0.507 e. The molecule has 13 heteroatoms. The van der Waals surface area contributed by atoms with E-state index in [2.05, 4.69) is 20.9 Å². The number of rotatable bonds is 3. The molecule has 1 saturated heterocycles. The van der Waals surface area contributed by atoms with Crippen LogP contribution in [-0.4, -0.2) is 45.5 Å². The van der Waals surface area contributed by atoms with E-state index in [1.54, 1.807) is 26.0 Å². The van der Waals surface area contributed by atoms with Crippen LogP contribution in [0.3, 0.4) is 0 Å². The molecule has 1 fully saturated rings. The molecule has 0 bridgehead atoms. The SMILES string of the molecule is Cc1cc([C@H]2C3=CC[C@@H]4C(=O)N(N(C)c5nc(C(F)(F)F)ccc5Cl)C(=O)[C@@H]4[C@@H]3CC3=C2C(=O)C=C(Br)C3=O)cc(C)c1O. The van der Waals surface area contributed by atoms with Gasteiger partial charge in [0, 0.05) is 30.2 Å². The Morgan fingerprint density at radius 3 is 2.36 bits per heavy atom. The number of nitrogens with zero attached hydrogens (tertiary/aromatic N) is 3. The number of phenols is 1. The minimum Gasteiger partial charge on any atom is -0.507 e. The summed E-state index contributed by atoms with van der Waals surface area (Å²) in [5, 5.41) is 12.0. The molecule has 228 valence electrons. The third-order valence-corrected chi connectivity index (χ3v) is 9.76. The minimum absolute atomic E-state index is 0.0154. The zero-order chi connectivity index (χ0) is 32.0. The number of aromatic nitrogens is 1. The summed E-state index contributed by atoms with van der Waals surface area (Å²) in [4.78, 5) is 58.3. The van der Waals surface area contributed by atoms with Crippen molar-refractivity contribution in [1.82, 2.24) is 9.99 Å². The molecule has 1 aromatic carbocycles. The quantitative estimate of drug-likeness (QED) is 0.243. The van der Waals surface area contributed by atoms with Gasteiger partial charge >= 0.3 is 6.18 Å². The number of carbonyl (C=O) groups is 4. The maximum absolute atomic E-state index is 14.1. The van der Waals surface area contributed by atoms with Gasteiger partial charge in [0.05, 0.1) is 21.3 Å². The molecule has 44 heavy (non-hydrogen) atoms. The number of amides is 2. The first-order valence-electron chi connectivity index (χ1n) is 13.7. The van der Waals surface area contributed by atoms with Crippen molar-refractivity contribution in [3.63, 3.8) is 0 Å². The highest BCUT2D eigenvalue weighted by molar-refractivity contribution is 9.12. The van der Waals surface area contributed by atoms with E-state index in [1.807, 2.05) is 6.08 Å². The van der Waals surface area contributed by atoms with Gasteiger partial charge in [-0.15, -0.1) is 0 Å². The van der Waals surface area contributed by atoms with Crippen LogP contribution in [-0.2, 0) is 25.4 Å². The molecule has 1 N–H and O–H groups in total. The lowest BCUT2D eigenvalue weighted by molar-refractivity contribution is -0.141. The Labute approximate surface area is 263 Å². The summed E-state index contributed by atoms with van der Waals surface area (Å²) >= 11 is 9.37. The summed E-state index contributed by atoms with van der Waals surface area (Å²) in [6, 6.07) is 5.18. The molecule has 0 radical (unpaired) electrons. The Hall–Kier alpha value is -3.77. The number of Topliss-reactive ketones (excluding diaryl/α,β-unsaturated/α-hetero) is 1. The highest BCUT2D eigenvalue weighted by Crippen LogP contribution is 2.56. The van der Waals surface area contributed by atoms with Crippen LogP contribution < -0.4 is 5.01 Å². The molecule has 2 amide bonds. The number of aryl methyl sites for hydroxylation is 2. The summed E-state index contributed by atoms with van der Waals surface area (Å²) in [6.07, 6.45) is -1.58. The third kappa shape index (κ3) is 4.52. The Balaban J connectivity index is 1.45. The number of anilines is 1. The van der Waals surface area contributed by atoms with E-state index in [4.69, 9.17) is 11.6 Å². The predicted molar refractivity (Wildman–Crippen MR) is 157 cm³/mol. The van der Waals surface area contributed by atoms with Crippen molar-refractivity contribution >= 4 is 56.7 Å². The molecule has 2 aromatic rings. The van der Waals surface area contributed by atoms with Gasteiger partial charge in [0.25, 0.3) is 11.8 Å². The first-order valence-corrected chi connectivity index (χ1v) is 14.8. The van der Waals surface area contributed by atoms with Crippen LogP contribution in [0.5, 0.6) is 5.75 Å². The van der Waals surface area contributed by atoms with Gasteiger partial charge < -0.3 is 5.11 Å². The first kappa shape index (κ1) is 30.3. The van der Waals surface area contributed by atoms with Crippen molar-refractivity contribution in [2.24, 2.45) is 17.8 Å². The molecule has 8 nitrogen and oxygen atoms in total. The maximum atomic E-state index is 14.1. The van der Waals surface area contributed by atoms with Crippen LogP contribution in [0.4, 0.5) is 19.0 Å². The number of benzene rings is 1. The fourth-order valence-electron chi connectivity index (χ4n) is 6.93. The summed E-state index contributed by atoms with van der Waals surface area (Å²) < 4.78 is 40.4. The average Bonchev–Trinajstić information content (AvgIpc) is 3.22. The highest BCUT2D eigenvalue weighted by Gasteiger charge is 2.57. The lowest BCUT2D eigenvalue weighted by Crippen LogP contribution is -2.46. The van der Waals surface area contributed by atoms with E-state index < -0.39 is 59.0 Å². The first-order chi connectivity index (χ1) is 20.6. The molecule has 6 rings (SSSR count). The molecule has 1 aliphatic heterocycles. The van der Waals surface area contributed by atoms with Gasteiger partial charge in [-0.3, -0.25) is 24.2 Å². The van der Waals surface area contributed by atoms with Gasteiger partial charge in [0.2, 0.25) is 0 Å². The van der Waals surface area contributed by atoms with E-state index in [1.165, 1.54) is 13.1 Å². The molecule has 0 saturated carbocycles. The summed E-state index contributed by atoms with van der Waals surface area (Å²) in [6.45, 7) is 3.44. The van der Waals surface area contributed by atoms with E-state index in [0.29, 0.717) is 28.3 Å². The average molecular weight is 691 g/mol. The summed E-state index contributed by atoms with van der Waals surface area (Å²) in [7, 11) is 1.24. The number of fused-ring (bicyclic) bond motifs is 3.